The minimum Gasteiger partial charge on any atom is -0.493 e. The molecule has 2 N–H and O–H groups in total. The fourth-order valence-electron chi connectivity index (χ4n) is 3.14. The highest BCUT2D eigenvalue weighted by Gasteiger charge is 2.19. The minimum absolute atomic E-state index is 0.184. The van der Waals surface area contributed by atoms with E-state index in [9.17, 15) is 4.79 Å². The van der Waals surface area contributed by atoms with Crippen LogP contribution in [0, 0.1) is 12.8 Å². The van der Waals surface area contributed by atoms with Crippen LogP contribution in [0.4, 0.5) is 0 Å². The second-order valence-corrected chi connectivity index (χ2v) is 9.19. The molecule has 0 radical (unpaired) electrons. The van der Waals surface area contributed by atoms with E-state index in [2.05, 4.69) is 38.2 Å². The Morgan fingerprint density at radius 3 is 2.65 bits per heavy atom. The topological polar surface area (TPSA) is 89.0 Å². The second-order valence-electron chi connectivity index (χ2n) is 7.64. The summed E-state index contributed by atoms with van der Waals surface area (Å²) in [5, 5.41) is 7.14. The summed E-state index contributed by atoms with van der Waals surface area (Å²) in [6, 6.07) is 5.36. The predicted molar refractivity (Wildman–Crippen MR) is 125 cm³/mol. The molecule has 1 fully saturated rings. The first-order valence-electron chi connectivity index (χ1n) is 10.2. The van der Waals surface area contributed by atoms with Gasteiger partial charge in [-0.15, -0.1) is 11.3 Å². The molecule has 1 aliphatic heterocycles. The Bertz CT molecular complexity index is 1050. The molecular weight excluding hydrogens is 430 g/mol. The fraction of sp³-hybridized carbons (Fsp3) is 0.364. The number of hydrogen-bond donors (Lipinski definition) is 3. The average molecular weight is 456 g/mol. The molecule has 2 aromatic heterocycles. The Morgan fingerprint density at radius 1 is 1.26 bits per heavy atom. The van der Waals surface area contributed by atoms with Gasteiger partial charge in [-0.1, -0.05) is 0 Å². The summed E-state index contributed by atoms with van der Waals surface area (Å²) in [4.78, 5) is 27.1. The van der Waals surface area contributed by atoms with Gasteiger partial charge in [0.1, 0.15) is 16.6 Å². The fourth-order valence-corrected chi connectivity index (χ4v) is 4.05. The first-order chi connectivity index (χ1) is 15.0. The molecule has 31 heavy (non-hydrogen) atoms. The van der Waals surface area contributed by atoms with Crippen molar-refractivity contribution in [1.29, 1.82) is 0 Å². The number of thiazole rings is 1. The number of nitrogens with one attached hydrogen (secondary N) is 2. The maximum Gasteiger partial charge on any atom is 0.251 e. The highest BCUT2D eigenvalue weighted by atomic mass is 32.1. The monoisotopic (exact) mass is 455 g/mol. The Balaban J connectivity index is 1.54. The van der Waals surface area contributed by atoms with Crippen LogP contribution in [0.5, 0.6) is 5.75 Å². The van der Waals surface area contributed by atoms with E-state index in [0.717, 1.165) is 34.1 Å². The van der Waals surface area contributed by atoms with E-state index in [1.165, 1.54) is 0 Å². The van der Waals surface area contributed by atoms with E-state index in [0.29, 0.717) is 35.4 Å². The maximum atomic E-state index is 13.1. The Labute approximate surface area is 191 Å². The van der Waals surface area contributed by atoms with Gasteiger partial charge in [0, 0.05) is 59.2 Å². The molecule has 9 heteroatoms. The molecule has 162 valence electrons. The molecule has 3 heterocycles. The quantitative estimate of drug-likeness (QED) is 0.451. The summed E-state index contributed by atoms with van der Waals surface area (Å²) in [6.45, 7) is 6.47. The molecule has 0 spiro atoms. The zero-order chi connectivity index (χ0) is 21.8. The predicted octanol–water partition coefficient (Wildman–Crippen LogP) is 3.43. The lowest BCUT2D eigenvalue weighted by Crippen LogP contribution is -2.45. The second kappa shape index (κ2) is 9.76. The van der Waals surface area contributed by atoms with Crippen LogP contribution >= 0.6 is 24.0 Å². The van der Waals surface area contributed by atoms with Crippen molar-refractivity contribution in [2.45, 2.75) is 25.6 Å². The van der Waals surface area contributed by atoms with Gasteiger partial charge in [-0.2, -0.15) is 12.6 Å². The summed E-state index contributed by atoms with van der Waals surface area (Å²) in [7, 11) is 0. The molecule has 1 amide bonds. The van der Waals surface area contributed by atoms with Crippen LogP contribution in [0.25, 0.3) is 10.6 Å². The molecule has 0 unspecified atom stereocenters. The van der Waals surface area contributed by atoms with E-state index >= 15 is 0 Å². The summed E-state index contributed by atoms with van der Waals surface area (Å²) in [6.07, 6.45) is 5.28. The van der Waals surface area contributed by atoms with Crippen molar-refractivity contribution in [2.24, 2.45) is 5.92 Å². The van der Waals surface area contributed by atoms with Crippen LogP contribution in [0.1, 0.15) is 39.6 Å². The zero-order valence-electron chi connectivity index (χ0n) is 17.5. The van der Waals surface area contributed by atoms with Crippen molar-refractivity contribution in [2.75, 3.05) is 19.7 Å². The minimum atomic E-state index is -0.238. The average Bonchev–Trinajstić information content (AvgIpc) is 3.19. The van der Waals surface area contributed by atoms with E-state index in [4.69, 9.17) is 4.74 Å². The Hall–Kier alpha value is -2.49. The van der Waals surface area contributed by atoms with E-state index in [1.807, 2.05) is 32.2 Å². The third kappa shape index (κ3) is 5.41. The van der Waals surface area contributed by atoms with Crippen LogP contribution in [0.15, 0.2) is 36.8 Å². The third-order valence-corrected chi connectivity index (χ3v) is 6.35. The molecule has 0 saturated carbocycles. The van der Waals surface area contributed by atoms with Crippen molar-refractivity contribution in [3.05, 3.63) is 58.6 Å². The first kappa shape index (κ1) is 21.7. The van der Waals surface area contributed by atoms with Gasteiger partial charge in [-0.3, -0.25) is 4.79 Å². The van der Waals surface area contributed by atoms with Crippen LogP contribution < -0.4 is 15.4 Å². The standard InChI is InChI=1S/C22H25N5O2S2/c1-13-6-26-22(31-13)17-3-16(4-19(5-17)29-11-15-7-23-8-15)21(28)27-14(2)18-9-24-20(12-30)25-10-18/h3-6,9-10,14-15,23,30H,7-8,11-12H2,1-2H3,(H,27,28)/t14-/m1/s1. The van der Waals surface area contributed by atoms with Crippen LogP contribution in [0.3, 0.4) is 0 Å². The summed E-state index contributed by atoms with van der Waals surface area (Å²) < 4.78 is 6.01. The number of aromatic nitrogens is 3. The van der Waals surface area contributed by atoms with Crippen LogP contribution in [0.2, 0.25) is 0 Å². The summed E-state index contributed by atoms with van der Waals surface area (Å²) in [5.41, 5.74) is 2.24. The normalized spacial score (nSPS) is 14.7. The molecule has 3 aromatic rings. The highest BCUT2D eigenvalue weighted by molar-refractivity contribution is 7.79. The number of thiol groups is 1. The van der Waals surface area contributed by atoms with Crippen LogP contribution in [-0.4, -0.2) is 40.6 Å². The van der Waals surface area contributed by atoms with Gasteiger partial charge >= 0.3 is 0 Å². The SMILES string of the molecule is Cc1cnc(-c2cc(OCC3CNC3)cc(C(=O)N[C@H](C)c3cnc(CS)nc3)c2)s1. The van der Waals surface area contributed by atoms with E-state index in [1.54, 1.807) is 29.8 Å². The molecule has 4 rings (SSSR count). The lowest BCUT2D eigenvalue weighted by Gasteiger charge is -2.27. The molecule has 1 saturated heterocycles. The van der Waals surface area contributed by atoms with Gasteiger partial charge in [0.2, 0.25) is 0 Å². The van der Waals surface area contributed by atoms with Crippen molar-refractivity contribution in [1.82, 2.24) is 25.6 Å². The van der Waals surface area contributed by atoms with Gasteiger partial charge < -0.3 is 15.4 Å². The number of rotatable bonds is 8. The van der Waals surface area contributed by atoms with Gasteiger partial charge in [0.15, 0.2) is 0 Å². The molecule has 7 nitrogen and oxygen atoms in total. The molecule has 1 aliphatic rings. The number of benzene rings is 1. The molecule has 0 bridgehead atoms. The number of carbonyl (C=O) groups excluding carboxylic acids is 1. The number of nitrogens with zero attached hydrogens (tertiary/aromatic N) is 3. The third-order valence-electron chi connectivity index (χ3n) is 5.10. The van der Waals surface area contributed by atoms with Crippen molar-refractivity contribution in [3.63, 3.8) is 0 Å². The lowest BCUT2D eigenvalue weighted by molar-refractivity contribution is 0.0939. The van der Waals surface area contributed by atoms with Crippen LogP contribution in [-0.2, 0) is 5.75 Å². The molecular formula is C22H25N5O2S2. The van der Waals surface area contributed by atoms with E-state index < -0.39 is 0 Å². The van der Waals surface area contributed by atoms with Crippen molar-refractivity contribution in [3.8, 4) is 16.3 Å². The van der Waals surface area contributed by atoms with Crippen molar-refractivity contribution < 1.29 is 9.53 Å². The summed E-state index contributed by atoms with van der Waals surface area (Å²) >= 11 is 5.77. The maximum absolute atomic E-state index is 13.1. The summed E-state index contributed by atoms with van der Waals surface area (Å²) in [5.74, 6) is 2.13. The largest absolute Gasteiger partial charge is 0.493 e. The molecule has 0 aliphatic carbocycles. The van der Waals surface area contributed by atoms with Gasteiger partial charge in [-0.25, -0.2) is 15.0 Å². The number of carbonyl (C=O) groups is 1. The number of hydrogen-bond acceptors (Lipinski definition) is 8. The van der Waals surface area contributed by atoms with Gasteiger partial charge in [0.25, 0.3) is 5.91 Å². The number of ether oxygens (including phenoxy) is 1. The lowest BCUT2D eigenvalue weighted by atomic mass is 10.1. The first-order valence-corrected chi connectivity index (χ1v) is 11.6. The van der Waals surface area contributed by atoms with E-state index in [-0.39, 0.29) is 11.9 Å². The molecule has 1 aromatic carbocycles. The highest BCUT2D eigenvalue weighted by Crippen LogP contribution is 2.30. The van der Waals surface area contributed by atoms with Gasteiger partial charge in [0.05, 0.1) is 18.4 Å². The number of amides is 1. The zero-order valence-corrected chi connectivity index (χ0v) is 19.2. The molecule has 1 atom stereocenters. The van der Waals surface area contributed by atoms with Crippen molar-refractivity contribution >= 4 is 29.9 Å². The number of aryl methyl sites for hydroxylation is 1. The Morgan fingerprint density at radius 2 is 2.03 bits per heavy atom. The van der Waals surface area contributed by atoms with Gasteiger partial charge in [-0.05, 0) is 32.0 Å². The smallest absolute Gasteiger partial charge is 0.251 e. The Kier molecular flexibility index (Phi) is 6.84.